The van der Waals surface area contributed by atoms with Crippen molar-refractivity contribution in [2.24, 2.45) is 5.41 Å². The zero-order valence-corrected chi connectivity index (χ0v) is 11.3. The minimum atomic E-state index is -0.116. The van der Waals surface area contributed by atoms with Gasteiger partial charge in [0.15, 0.2) is 0 Å². The highest BCUT2D eigenvalue weighted by atomic mass is 16.5. The van der Waals surface area contributed by atoms with Crippen molar-refractivity contribution >= 4 is 5.91 Å². The van der Waals surface area contributed by atoms with Crippen molar-refractivity contribution in [1.82, 2.24) is 15.6 Å². The zero-order valence-electron chi connectivity index (χ0n) is 11.3. The zero-order chi connectivity index (χ0) is 13.6. The molecular weight excluding hydrogens is 242 g/mol. The number of aromatic nitrogens is 1. The Balaban J connectivity index is 1.93. The molecule has 19 heavy (non-hydrogen) atoms. The molecule has 2 rings (SSSR count). The summed E-state index contributed by atoms with van der Waals surface area (Å²) in [6.45, 7) is 3.26. The van der Waals surface area contributed by atoms with Crippen LogP contribution in [0.3, 0.4) is 0 Å². The van der Waals surface area contributed by atoms with E-state index in [2.05, 4.69) is 15.6 Å². The van der Waals surface area contributed by atoms with Gasteiger partial charge in [-0.1, -0.05) is 6.07 Å². The van der Waals surface area contributed by atoms with Crippen LogP contribution < -0.4 is 10.6 Å². The summed E-state index contributed by atoms with van der Waals surface area (Å²) < 4.78 is 5.33. The van der Waals surface area contributed by atoms with Crippen LogP contribution >= 0.6 is 0 Å². The van der Waals surface area contributed by atoms with Gasteiger partial charge in [0.1, 0.15) is 5.69 Å². The number of nitrogens with zero attached hydrogens (tertiary/aromatic N) is 1. The maximum atomic E-state index is 12.0. The predicted octanol–water partition coefficient (Wildman–Crippen LogP) is 0.828. The first kappa shape index (κ1) is 14.0. The number of methoxy groups -OCH3 is 1. The number of carbonyl (C=O) groups excluding carboxylic acids is 1. The van der Waals surface area contributed by atoms with Gasteiger partial charge in [-0.3, -0.25) is 9.78 Å². The molecule has 2 N–H and O–H groups in total. The Hall–Kier alpha value is -1.46. The highest BCUT2D eigenvalue weighted by molar-refractivity contribution is 5.92. The first-order valence-corrected chi connectivity index (χ1v) is 6.65. The van der Waals surface area contributed by atoms with Gasteiger partial charge in [-0.05, 0) is 38.1 Å². The van der Waals surface area contributed by atoms with E-state index in [9.17, 15) is 4.79 Å². The Morgan fingerprint density at radius 2 is 2.26 bits per heavy atom. The van der Waals surface area contributed by atoms with Gasteiger partial charge >= 0.3 is 0 Å². The van der Waals surface area contributed by atoms with E-state index in [-0.39, 0.29) is 11.3 Å². The van der Waals surface area contributed by atoms with E-state index >= 15 is 0 Å². The Kier molecular flexibility index (Phi) is 4.87. The molecule has 1 aliphatic rings. The lowest BCUT2D eigenvalue weighted by Gasteiger charge is -2.37. The number of ether oxygens (including phenoxy) is 1. The van der Waals surface area contributed by atoms with Crippen molar-refractivity contribution in [1.29, 1.82) is 0 Å². The van der Waals surface area contributed by atoms with Crippen LogP contribution in [0, 0.1) is 5.41 Å². The van der Waals surface area contributed by atoms with Crippen LogP contribution in [0.5, 0.6) is 0 Å². The van der Waals surface area contributed by atoms with E-state index < -0.39 is 0 Å². The third-order valence-corrected chi connectivity index (χ3v) is 3.64. The van der Waals surface area contributed by atoms with E-state index in [0.717, 1.165) is 25.9 Å². The molecule has 0 saturated carbocycles. The Bertz CT molecular complexity index is 397. The average Bonchev–Trinajstić information content (AvgIpc) is 2.47. The van der Waals surface area contributed by atoms with Gasteiger partial charge in [0, 0.05) is 25.3 Å². The lowest BCUT2D eigenvalue weighted by atomic mass is 9.79. The summed E-state index contributed by atoms with van der Waals surface area (Å²) in [5.41, 5.74) is 0.508. The van der Waals surface area contributed by atoms with Gasteiger partial charge in [-0.2, -0.15) is 0 Å². The molecule has 1 fully saturated rings. The molecule has 0 unspecified atom stereocenters. The van der Waals surface area contributed by atoms with E-state index in [0.29, 0.717) is 18.8 Å². The fraction of sp³-hybridized carbons (Fsp3) is 0.571. The highest BCUT2D eigenvalue weighted by Gasteiger charge is 2.32. The molecule has 5 nitrogen and oxygen atoms in total. The summed E-state index contributed by atoms with van der Waals surface area (Å²) in [6, 6.07) is 5.34. The van der Waals surface area contributed by atoms with Gasteiger partial charge in [-0.25, -0.2) is 0 Å². The van der Waals surface area contributed by atoms with Crippen LogP contribution in [0.15, 0.2) is 24.4 Å². The van der Waals surface area contributed by atoms with E-state index in [4.69, 9.17) is 4.74 Å². The van der Waals surface area contributed by atoms with Crippen LogP contribution in [0.25, 0.3) is 0 Å². The lowest BCUT2D eigenvalue weighted by molar-refractivity contribution is 0.0511. The summed E-state index contributed by atoms with van der Waals surface area (Å²) in [5.74, 6) is -0.116. The number of hydrogen-bond donors (Lipinski definition) is 2. The summed E-state index contributed by atoms with van der Waals surface area (Å²) in [5, 5.41) is 6.32. The normalized spacial score (nSPS) is 17.9. The first-order chi connectivity index (χ1) is 9.26. The minimum Gasteiger partial charge on any atom is -0.384 e. The fourth-order valence-electron chi connectivity index (χ4n) is 2.49. The van der Waals surface area contributed by atoms with Crippen LogP contribution in [0.1, 0.15) is 23.3 Å². The predicted molar refractivity (Wildman–Crippen MR) is 73.0 cm³/mol. The largest absolute Gasteiger partial charge is 0.384 e. The van der Waals surface area contributed by atoms with Crippen molar-refractivity contribution in [2.45, 2.75) is 12.8 Å². The van der Waals surface area contributed by atoms with Crippen LogP contribution in [0.2, 0.25) is 0 Å². The van der Waals surface area contributed by atoms with Gasteiger partial charge in [0.05, 0.1) is 6.61 Å². The quantitative estimate of drug-likeness (QED) is 0.826. The molecule has 2 heterocycles. The molecule has 0 aliphatic carbocycles. The third kappa shape index (κ3) is 3.75. The maximum Gasteiger partial charge on any atom is 0.269 e. The maximum absolute atomic E-state index is 12.0. The van der Waals surface area contributed by atoms with Crippen molar-refractivity contribution in [2.75, 3.05) is 33.4 Å². The molecule has 5 heteroatoms. The van der Waals surface area contributed by atoms with Gasteiger partial charge in [0.2, 0.25) is 0 Å². The topological polar surface area (TPSA) is 63.2 Å². The standard InChI is InChI=1S/C14H21N3O2/c1-19-11-14(5-8-15-9-6-14)10-17-13(18)12-4-2-3-7-16-12/h2-4,7,15H,5-6,8-11H2,1H3,(H,17,18). The number of amides is 1. The Morgan fingerprint density at radius 3 is 2.89 bits per heavy atom. The molecule has 0 radical (unpaired) electrons. The summed E-state index contributed by atoms with van der Waals surface area (Å²) in [6.07, 6.45) is 3.66. The Morgan fingerprint density at radius 1 is 1.47 bits per heavy atom. The van der Waals surface area contributed by atoms with Gasteiger partial charge < -0.3 is 15.4 Å². The molecular formula is C14H21N3O2. The van der Waals surface area contributed by atoms with Crippen molar-refractivity contribution < 1.29 is 9.53 Å². The molecule has 104 valence electrons. The third-order valence-electron chi connectivity index (χ3n) is 3.64. The average molecular weight is 263 g/mol. The molecule has 1 aromatic heterocycles. The minimum absolute atomic E-state index is 0.0461. The number of rotatable bonds is 5. The molecule has 0 spiro atoms. The molecule has 1 aromatic rings. The first-order valence-electron chi connectivity index (χ1n) is 6.65. The molecule has 1 saturated heterocycles. The number of nitrogens with one attached hydrogen (secondary N) is 2. The molecule has 1 amide bonds. The smallest absolute Gasteiger partial charge is 0.269 e. The molecule has 0 aromatic carbocycles. The number of pyridine rings is 1. The van der Waals surface area contributed by atoms with Crippen molar-refractivity contribution in [3.8, 4) is 0 Å². The number of piperidine rings is 1. The summed E-state index contributed by atoms with van der Waals surface area (Å²) >= 11 is 0. The van der Waals surface area contributed by atoms with Gasteiger partial charge in [0.25, 0.3) is 5.91 Å². The van der Waals surface area contributed by atoms with Crippen LogP contribution in [-0.2, 0) is 4.74 Å². The van der Waals surface area contributed by atoms with Crippen LogP contribution in [-0.4, -0.2) is 44.2 Å². The highest BCUT2D eigenvalue weighted by Crippen LogP contribution is 2.28. The summed E-state index contributed by atoms with van der Waals surface area (Å²) in [4.78, 5) is 16.1. The van der Waals surface area contributed by atoms with Crippen molar-refractivity contribution in [3.05, 3.63) is 30.1 Å². The van der Waals surface area contributed by atoms with Crippen LogP contribution in [0.4, 0.5) is 0 Å². The second kappa shape index (κ2) is 6.63. The molecule has 0 atom stereocenters. The molecule has 0 bridgehead atoms. The molecule has 1 aliphatic heterocycles. The number of carbonyl (C=O) groups is 1. The van der Waals surface area contributed by atoms with Gasteiger partial charge in [-0.15, -0.1) is 0 Å². The fourth-order valence-corrected chi connectivity index (χ4v) is 2.49. The Labute approximate surface area is 113 Å². The lowest BCUT2D eigenvalue weighted by Crippen LogP contribution is -2.47. The number of hydrogen-bond acceptors (Lipinski definition) is 4. The summed E-state index contributed by atoms with van der Waals surface area (Å²) in [7, 11) is 1.71. The van der Waals surface area contributed by atoms with Crippen molar-refractivity contribution in [3.63, 3.8) is 0 Å². The van der Waals surface area contributed by atoms with E-state index in [1.807, 2.05) is 6.07 Å². The SMILES string of the molecule is COCC1(CNC(=O)c2ccccn2)CCNCC1. The monoisotopic (exact) mass is 263 g/mol. The van der Waals surface area contributed by atoms with E-state index in [1.165, 1.54) is 0 Å². The van der Waals surface area contributed by atoms with E-state index in [1.54, 1.807) is 25.4 Å². The second-order valence-electron chi connectivity index (χ2n) is 5.08. The second-order valence-corrected chi connectivity index (χ2v) is 5.08.